The topological polar surface area (TPSA) is 104 Å². The Labute approximate surface area is 195 Å². The fraction of sp³-hybridized carbons (Fsp3) is 0.125. The highest BCUT2D eigenvalue weighted by molar-refractivity contribution is 7.99. The number of nitrogens with two attached hydrogens (primary N) is 1. The Morgan fingerprint density at radius 1 is 0.970 bits per heavy atom. The minimum absolute atomic E-state index is 0.143. The van der Waals surface area contributed by atoms with Gasteiger partial charge in [-0.3, -0.25) is 4.79 Å². The number of nitrogen functional groups attached to an aromatic ring is 1. The number of anilines is 1. The maximum Gasteiger partial charge on any atom is 0.234 e. The first-order valence-corrected chi connectivity index (χ1v) is 11.2. The van der Waals surface area contributed by atoms with Crippen molar-refractivity contribution < 1.29 is 14.3 Å². The summed E-state index contributed by atoms with van der Waals surface area (Å²) in [6.45, 7) is 0.488. The number of carbonyl (C=O) groups excluding carboxylic acids is 1. The quantitative estimate of drug-likeness (QED) is 0.287. The molecule has 33 heavy (non-hydrogen) atoms. The molecule has 8 nitrogen and oxygen atoms in total. The van der Waals surface area contributed by atoms with Crippen molar-refractivity contribution in [2.24, 2.45) is 0 Å². The first-order valence-electron chi connectivity index (χ1n) is 10.2. The molecule has 1 amide bonds. The van der Waals surface area contributed by atoms with Crippen LogP contribution in [0.5, 0.6) is 11.5 Å². The molecule has 9 heteroatoms. The summed E-state index contributed by atoms with van der Waals surface area (Å²) in [5.74, 6) is 8.07. The van der Waals surface area contributed by atoms with Crippen molar-refractivity contribution in [3.63, 3.8) is 0 Å². The second kappa shape index (κ2) is 10.6. The van der Waals surface area contributed by atoms with Gasteiger partial charge in [-0.05, 0) is 54.1 Å². The van der Waals surface area contributed by atoms with E-state index in [4.69, 9.17) is 15.3 Å². The molecule has 0 saturated carbocycles. The van der Waals surface area contributed by atoms with E-state index in [9.17, 15) is 4.79 Å². The van der Waals surface area contributed by atoms with Crippen LogP contribution in [0.15, 0.2) is 84.0 Å². The summed E-state index contributed by atoms with van der Waals surface area (Å²) in [6, 6.07) is 24.5. The van der Waals surface area contributed by atoms with Crippen molar-refractivity contribution in [1.82, 2.24) is 14.9 Å². The maximum absolute atomic E-state index is 12.4. The summed E-state index contributed by atoms with van der Waals surface area (Å²) in [5.41, 5.74) is 2.58. The standard InChI is InChI=1S/C24H23N5O3S/c1-31-20-11-7-18(8-12-20)23-27-28-24(29(23)25)33-16-22(30)26-19-9-13-21(14-10-19)32-15-17-5-3-2-4-6-17/h2-14H,15-16,25H2,1H3,(H,26,30). The number of amides is 1. The number of rotatable bonds is 9. The van der Waals surface area contributed by atoms with Crippen molar-refractivity contribution in [1.29, 1.82) is 0 Å². The van der Waals surface area contributed by atoms with Gasteiger partial charge in [0.2, 0.25) is 11.1 Å². The highest BCUT2D eigenvalue weighted by atomic mass is 32.2. The van der Waals surface area contributed by atoms with Crippen LogP contribution in [-0.4, -0.2) is 33.6 Å². The number of carbonyl (C=O) groups is 1. The van der Waals surface area contributed by atoms with Gasteiger partial charge in [-0.15, -0.1) is 10.2 Å². The molecular weight excluding hydrogens is 438 g/mol. The van der Waals surface area contributed by atoms with Crippen molar-refractivity contribution in [2.75, 3.05) is 24.0 Å². The van der Waals surface area contributed by atoms with E-state index in [1.54, 1.807) is 19.2 Å². The summed E-state index contributed by atoms with van der Waals surface area (Å²) in [6.07, 6.45) is 0. The second-order valence-corrected chi connectivity index (χ2v) is 7.98. The lowest BCUT2D eigenvalue weighted by Crippen LogP contribution is -2.16. The van der Waals surface area contributed by atoms with Crippen molar-refractivity contribution >= 4 is 23.4 Å². The second-order valence-electron chi connectivity index (χ2n) is 7.04. The predicted molar refractivity (Wildman–Crippen MR) is 129 cm³/mol. The summed E-state index contributed by atoms with van der Waals surface area (Å²) < 4.78 is 12.3. The molecule has 0 radical (unpaired) electrons. The maximum atomic E-state index is 12.4. The largest absolute Gasteiger partial charge is 0.497 e. The van der Waals surface area contributed by atoms with Crippen molar-refractivity contribution in [3.8, 4) is 22.9 Å². The van der Waals surface area contributed by atoms with Crippen LogP contribution in [-0.2, 0) is 11.4 Å². The van der Waals surface area contributed by atoms with Gasteiger partial charge >= 0.3 is 0 Å². The molecular formula is C24H23N5O3S. The van der Waals surface area contributed by atoms with Crippen LogP contribution >= 0.6 is 11.8 Å². The molecule has 0 spiro atoms. The van der Waals surface area contributed by atoms with E-state index < -0.39 is 0 Å². The van der Waals surface area contributed by atoms with Crippen LogP contribution in [0.1, 0.15) is 5.56 Å². The van der Waals surface area contributed by atoms with E-state index in [1.165, 1.54) is 16.4 Å². The molecule has 0 unspecified atom stereocenters. The number of ether oxygens (including phenoxy) is 2. The van der Waals surface area contributed by atoms with E-state index in [1.807, 2.05) is 66.7 Å². The Balaban J connectivity index is 1.28. The van der Waals surface area contributed by atoms with E-state index in [0.717, 1.165) is 22.6 Å². The third-order valence-corrected chi connectivity index (χ3v) is 5.67. The smallest absolute Gasteiger partial charge is 0.234 e. The molecule has 168 valence electrons. The lowest BCUT2D eigenvalue weighted by molar-refractivity contribution is -0.113. The van der Waals surface area contributed by atoms with E-state index in [0.29, 0.717) is 23.3 Å². The molecule has 3 aromatic carbocycles. The molecule has 4 rings (SSSR count). The number of hydrogen-bond donors (Lipinski definition) is 2. The summed E-state index contributed by atoms with van der Waals surface area (Å²) >= 11 is 1.21. The lowest BCUT2D eigenvalue weighted by Gasteiger charge is -2.08. The normalized spacial score (nSPS) is 10.6. The number of benzene rings is 3. The Morgan fingerprint density at radius 2 is 1.67 bits per heavy atom. The number of aromatic nitrogens is 3. The van der Waals surface area contributed by atoms with E-state index in [-0.39, 0.29) is 11.7 Å². The van der Waals surface area contributed by atoms with Crippen LogP contribution in [0.4, 0.5) is 5.69 Å². The van der Waals surface area contributed by atoms with Crippen molar-refractivity contribution in [2.45, 2.75) is 11.8 Å². The van der Waals surface area contributed by atoms with Crippen LogP contribution < -0.4 is 20.6 Å². The van der Waals surface area contributed by atoms with Crippen LogP contribution in [0.2, 0.25) is 0 Å². The summed E-state index contributed by atoms with van der Waals surface area (Å²) in [7, 11) is 1.61. The monoisotopic (exact) mass is 461 g/mol. The van der Waals surface area contributed by atoms with Gasteiger partial charge in [0.05, 0.1) is 12.9 Å². The molecule has 3 N–H and O–H groups in total. The zero-order chi connectivity index (χ0) is 23.0. The first-order chi connectivity index (χ1) is 16.1. The van der Waals surface area contributed by atoms with E-state index >= 15 is 0 Å². The minimum atomic E-state index is -0.174. The molecule has 0 aliphatic heterocycles. The Hall–Kier alpha value is -3.98. The molecule has 0 saturated heterocycles. The average Bonchev–Trinajstić information content (AvgIpc) is 3.23. The number of hydrogen-bond acceptors (Lipinski definition) is 7. The Kier molecular flexibility index (Phi) is 7.11. The number of thioether (sulfide) groups is 1. The molecule has 0 bridgehead atoms. The van der Waals surface area contributed by atoms with Gasteiger partial charge in [-0.2, -0.15) is 0 Å². The number of nitrogens with one attached hydrogen (secondary N) is 1. The van der Waals surface area contributed by atoms with E-state index in [2.05, 4.69) is 15.5 Å². The fourth-order valence-corrected chi connectivity index (χ4v) is 3.67. The van der Waals surface area contributed by atoms with Gasteiger partial charge < -0.3 is 20.6 Å². The summed E-state index contributed by atoms with van der Waals surface area (Å²) in [5, 5.41) is 11.5. The predicted octanol–water partition coefficient (Wildman–Crippen LogP) is 3.98. The molecule has 4 aromatic rings. The van der Waals surface area contributed by atoms with Crippen LogP contribution in [0.25, 0.3) is 11.4 Å². The molecule has 0 fully saturated rings. The Morgan fingerprint density at radius 3 is 2.36 bits per heavy atom. The molecule has 1 aromatic heterocycles. The molecule has 1 heterocycles. The van der Waals surface area contributed by atoms with Crippen LogP contribution in [0, 0.1) is 0 Å². The Bertz CT molecular complexity index is 1200. The third-order valence-electron chi connectivity index (χ3n) is 4.73. The fourth-order valence-electron chi connectivity index (χ4n) is 3.01. The summed E-state index contributed by atoms with van der Waals surface area (Å²) in [4.78, 5) is 12.4. The zero-order valence-corrected chi connectivity index (χ0v) is 18.8. The first kappa shape index (κ1) is 22.2. The van der Waals surface area contributed by atoms with Gasteiger partial charge in [0.1, 0.15) is 18.1 Å². The number of nitrogens with zero attached hydrogens (tertiary/aromatic N) is 3. The number of methoxy groups -OCH3 is 1. The lowest BCUT2D eigenvalue weighted by atomic mass is 10.2. The van der Waals surface area contributed by atoms with Crippen molar-refractivity contribution in [3.05, 3.63) is 84.4 Å². The SMILES string of the molecule is COc1ccc(-c2nnc(SCC(=O)Nc3ccc(OCc4ccccc4)cc3)n2N)cc1. The molecule has 0 aliphatic rings. The van der Waals surface area contributed by atoms with Gasteiger partial charge in [0.15, 0.2) is 5.82 Å². The van der Waals surface area contributed by atoms with Gasteiger partial charge in [-0.25, -0.2) is 4.68 Å². The highest BCUT2D eigenvalue weighted by Crippen LogP contribution is 2.24. The third kappa shape index (κ3) is 5.83. The highest BCUT2D eigenvalue weighted by Gasteiger charge is 2.14. The zero-order valence-electron chi connectivity index (χ0n) is 18.0. The van der Waals surface area contributed by atoms with Crippen LogP contribution in [0.3, 0.4) is 0 Å². The minimum Gasteiger partial charge on any atom is -0.497 e. The molecule has 0 atom stereocenters. The van der Waals surface area contributed by atoms with Gasteiger partial charge in [0, 0.05) is 11.3 Å². The average molecular weight is 462 g/mol. The molecule has 0 aliphatic carbocycles. The van der Waals surface area contributed by atoms with Gasteiger partial charge in [-0.1, -0.05) is 42.1 Å². The van der Waals surface area contributed by atoms with Gasteiger partial charge in [0.25, 0.3) is 0 Å².